The predicted molar refractivity (Wildman–Crippen MR) is 48.4 cm³/mol. The number of hydrogen-bond donors (Lipinski definition) is 0. The van der Waals surface area contributed by atoms with Gasteiger partial charge < -0.3 is 4.79 Å². The van der Waals surface area contributed by atoms with Gasteiger partial charge in [-0.05, 0) is 18.8 Å². The van der Waals surface area contributed by atoms with Crippen molar-refractivity contribution in [2.24, 2.45) is 11.3 Å². The molecule has 0 aliphatic carbocycles. The summed E-state index contributed by atoms with van der Waals surface area (Å²) in [4.78, 5) is 10.6. The summed E-state index contributed by atoms with van der Waals surface area (Å²) < 4.78 is 0. The molecular formula is C10H18O. The molecule has 0 N–H and O–H groups in total. The Labute approximate surface area is 69.5 Å². The molecule has 0 saturated heterocycles. The van der Waals surface area contributed by atoms with Crippen molar-refractivity contribution in [3.8, 4) is 0 Å². The molecule has 0 fully saturated rings. The summed E-state index contributed by atoms with van der Waals surface area (Å²) in [5, 5.41) is 0. The van der Waals surface area contributed by atoms with Crippen LogP contribution < -0.4 is 0 Å². The predicted octanol–water partition coefficient (Wildman–Crippen LogP) is 2.81. The van der Waals surface area contributed by atoms with Gasteiger partial charge in [0.05, 0.1) is 0 Å². The number of carbonyl (C=O) groups is 1. The summed E-state index contributed by atoms with van der Waals surface area (Å²) >= 11 is 0. The standard InChI is InChI=1S/C10H18O/c1-5-9(6-2)7-10(3,4)8-11/h5,8-9H,1,6-7H2,2-4H3. The normalized spacial score (nSPS) is 14.1. The Hall–Kier alpha value is -0.590. The maximum absolute atomic E-state index is 10.6. The highest BCUT2D eigenvalue weighted by Gasteiger charge is 2.19. The van der Waals surface area contributed by atoms with Gasteiger partial charge in [0, 0.05) is 5.41 Å². The van der Waals surface area contributed by atoms with Crippen molar-refractivity contribution in [1.29, 1.82) is 0 Å². The van der Waals surface area contributed by atoms with E-state index in [1.807, 2.05) is 19.9 Å². The van der Waals surface area contributed by atoms with E-state index < -0.39 is 0 Å². The first-order chi connectivity index (χ1) is 5.05. The van der Waals surface area contributed by atoms with E-state index in [2.05, 4.69) is 13.5 Å². The molecular weight excluding hydrogens is 136 g/mol. The lowest BCUT2D eigenvalue weighted by atomic mass is 9.83. The number of carbonyl (C=O) groups excluding carboxylic acids is 1. The molecule has 1 atom stereocenters. The first-order valence-electron chi connectivity index (χ1n) is 4.14. The van der Waals surface area contributed by atoms with Crippen LogP contribution in [0.1, 0.15) is 33.6 Å². The van der Waals surface area contributed by atoms with Crippen LogP contribution in [0, 0.1) is 11.3 Å². The monoisotopic (exact) mass is 154 g/mol. The van der Waals surface area contributed by atoms with Crippen LogP contribution >= 0.6 is 0 Å². The molecule has 64 valence electrons. The van der Waals surface area contributed by atoms with Gasteiger partial charge in [0.15, 0.2) is 0 Å². The third-order valence-electron chi connectivity index (χ3n) is 1.97. The number of rotatable bonds is 5. The van der Waals surface area contributed by atoms with Crippen LogP contribution in [-0.4, -0.2) is 6.29 Å². The van der Waals surface area contributed by atoms with Gasteiger partial charge in [-0.2, -0.15) is 0 Å². The van der Waals surface area contributed by atoms with E-state index >= 15 is 0 Å². The third-order valence-corrected chi connectivity index (χ3v) is 1.97. The smallest absolute Gasteiger partial charge is 0.125 e. The summed E-state index contributed by atoms with van der Waals surface area (Å²) in [6.07, 6.45) is 4.95. The van der Waals surface area contributed by atoms with E-state index in [9.17, 15) is 4.79 Å². The van der Waals surface area contributed by atoms with E-state index in [1.54, 1.807) is 0 Å². The van der Waals surface area contributed by atoms with Crippen LogP contribution in [0.15, 0.2) is 12.7 Å². The van der Waals surface area contributed by atoms with Gasteiger partial charge in [-0.15, -0.1) is 6.58 Å². The van der Waals surface area contributed by atoms with E-state index in [0.717, 1.165) is 19.1 Å². The molecule has 1 unspecified atom stereocenters. The van der Waals surface area contributed by atoms with Crippen molar-refractivity contribution >= 4 is 6.29 Å². The summed E-state index contributed by atoms with van der Waals surface area (Å²) in [7, 11) is 0. The zero-order valence-corrected chi connectivity index (χ0v) is 7.76. The molecule has 0 aromatic carbocycles. The minimum absolute atomic E-state index is 0.186. The minimum Gasteiger partial charge on any atom is -0.303 e. The summed E-state index contributed by atoms with van der Waals surface area (Å²) in [5.74, 6) is 0.482. The van der Waals surface area contributed by atoms with E-state index in [4.69, 9.17) is 0 Å². The van der Waals surface area contributed by atoms with Crippen molar-refractivity contribution in [1.82, 2.24) is 0 Å². The highest BCUT2D eigenvalue weighted by Crippen LogP contribution is 2.25. The second-order valence-corrected chi connectivity index (χ2v) is 3.71. The van der Waals surface area contributed by atoms with E-state index in [0.29, 0.717) is 5.92 Å². The molecule has 0 radical (unpaired) electrons. The number of allylic oxidation sites excluding steroid dienone is 1. The van der Waals surface area contributed by atoms with Crippen LogP contribution in [0.5, 0.6) is 0 Å². The van der Waals surface area contributed by atoms with Crippen LogP contribution in [-0.2, 0) is 4.79 Å². The maximum atomic E-state index is 10.6. The second kappa shape index (κ2) is 4.32. The van der Waals surface area contributed by atoms with Gasteiger partial charge in [-0.25, -0.2) is 0 Å². The SMILES string of the molecule is C=CC(CC)CC(C)(C)C=O. The van der Waals surface area contributed by atoms with Crippen LogP contribution in [0.25, 0.3) is 0 Å². The van der Waals surface area contributed by atoms with Crippen molar-refractivity contribution < 1.29 is 4.79 Å². The molecule has 0 bridgehead atoms. The molecule has 1 heteroatoms. The molecule has 0 aromatic heterocycles. The third kappa shape index (κ3) is 3.97. The Bertz CT molecular complexity index is 136. The molecule has 0 aromatic rings. The largest absolute Gasteiger partial charge is 0.303 e. The van der Waals surface area contributed by atoms with Gasteiger partial charge in [0.25, 0.3) is 0 Å². The maximum Gasteiger partial charge on any atom is 0.125 e. The average Bonchev–Trinajstić information content (AvgIpc) is 2.00. The minimum atomic E-state index is -0.186. The molecule has 11 heavy (non-hydrogen) atoms. The van der Waals surface area contributed by atoms with Crippen LogP contribution in [0.2, 0.25) is 0 Å². The lowest BCUT2D eigenvalue weighted by Gasteiger charge is -2.20. The van der Waals surface area contributed by atoms with Crippen LogP contribution in [0.3, 0.4) is 0 Å². The Morgan fingerprint density at radius 2 is 2.09 bits per heavy atom. The fourth-order valence-corrected chi connectivity index (χ4v) is 1.12. The fraction of sp³-hybridized carbons (Fsp3) is 0.700. The summed E-state index contributed by atoms with van der Waals surface area (Å²) in [5.41, 5.74) is -0.186. The topological polar surface area (TPSA) is 17.1 Å². The summed E-state index contributed by atoms with van der Waals surface area (Å²) in [6, 6.07) is 0. The molecule has 0 spiro atoms. The van der Waals surface area contributed by atoms with Crippen molar-refractivity contribution in [3.05, 3.63) is 12.7 Å². The molecule has 0 heterocycles. The Kier molecular flexibility index (Phi) is 4.09. The fourth-order valence-electron chi connectivity index (χ4n) is 1.12. The van der Waals surface area contributed by atoms with E-state index in [1.165, 1.54) is 0 Å². The number of hydrogen-bond acceptors (Lipinski definition) is 1. The summed E-state index contributed by atoms with van der Waals surface area (Å²) in [6.45, 7) is 9.78. The first-order valence-corrected chi connectivity index (χ1v) is 4.14. The zero-order chi connectivity index (χ0) is 8.91. The Morgan fingerprint density at radius 1 is 1.55 bits per heavy atom. The van der Waals surface area contributed by atoms with Crippen molar-refractivity contribution in [3.63, 3.8) is 0 Å². The Morgan fingerprint density at radius 3 is 2.36 bits per heavy atom. The molecule has 0 aliphatic rings. The number of aldehydes is 1. The van der Waals surface area contributed by atoms with Gasteiger partial charge in [-0.3, -0.25) is 0 Å². The van der Waals surface area contributed by atoms with Crippen LogP contribution in [0.4, 0.5) is 0 Å². The molecule has 0 aliphatic heterocycles. The van der Waals surface area contributed by atoms with Gasteiger partial charge in [0.1, 0.15) is 6.29 Å². The van der Waals surface area contributed by atoms with E-state index in [-0.39, 0.29) is 5.41 Å². The van der Waals surface area contributed by atoms with Crippen molar-refractivity contribution in [2.45, 2.75) is 33.6 Å². The Balaban J connectivity index is 3.98. The van der Waals surface area contributed by atoms with Gasteiger partial charge in [0.2, 0.25) is 0 Å². The lowest BCUT2D eigenvalue weighted by molar-refractivity contribution is -0.115. The molecule has 0 saturated carbocycles. The quantitative estimate of drug-likeness (QED) is 0.439. The van der Waals surface area contributed by atoms with Gasteiger partial charge >= 0.3 is 0 Å². The lowest BCUT2D eigenvalue weighted by Crippen LogP contribution is -2.16. The second-order valence-electron chi connectivity index (χ2n) is 3.71. The molecule has 0 amide bonds. The molecule has 0 rings (SSSR count). The highest BCUT2D eigenvalue weighted by atomic mass is 16.1. The van der Waals surface area contributed by atoms with Crippen molar-refractivity contribution in [2.75, 3.05) is 0 Å². The molecule has 1 nitrogen and oxygen atoms in total. The average molecular weight is 154 g/mol. The first kappa shape index (κ1) is 10.4. The van der Waals surface area contributed by atoms with Gasteiger partial charge in [-0.1, -0.05) is 26.8 Å². The highest BCUT2D eigenvalue weighted by molar-refractivity contribution is 5.57. The zero-order valence-electron chi connectivity index (χ0n) is 7.76.